The molecule has 16 heavy (non-hydrogen) atoms. The van der Waals surface area contributed by atoms with Gasteiger partial charge in [0, 0.05) is 20.6 Å². The topological polar surface area (TPSA) is 63.1 Å². The van der Waals surface area contributed by atoms with E-state index in [9.17, 15) is 4.79 Å². The molecule has 0 aliphatic carbocycles. The van der Waals surface area contributed by atoms with Crippen LogP contribution in [0.15, 0.2) is 6.33 Å². The number of rotatable bonds is 5. The molecule has 0 radical (unpaired) electrons. The summed E-state index contributed by atoms with van der Waals surface area (Å²) in [5, 5.41) is 10.9. The average molecular weight is 225 g/mol. The number of hydrogen-bond donors (Lipinski definition) is 1. The molecular weight excluding hydrogens is 206 g/mol. The molecule has 0 bridgehead atoms. The first kappa shape index (κ1) is 12.6. The molecule has 6 heteroatoms. The fraction of sp³-hybridized carbons (Fsp3) is 0.700. The summed E-state index contributed by atoms with van der Waals surface area (Å²) in [5.41, 5.74) is 0. The Bertz CT molecular complexity index is 347. The number of carbonyl (C=O) groups excluding carboxylic acids is 1. The number of likely N-dealkylation sites (N-methyl/N-ethyl adjacent to an activating group) is 1. The summed E-state index contributed by atoms with van der Waals surface area (Å²) in [6.45, 7) is 5.25. The van der Waals surface area contributed by atoms with Gasteiger partial charge in [-0.15, -0.1) is 10.2 Å². The fourth-order valence-corrected chi connectivity index (χ4v) is 1.40. The molecular formula is C10H19N5O. The lowest BCUT2D eigenvalue weighted by molar-refractivity contribution is -0.130. The predicted octanol–water partition coefficient (Wildman–Crippen LogP) is -0.136. The van der Waals surface area contributed by atoms with E-state index < -0.39 is 0 Å². The van der Waals surface area contributed by atoms with E-state index in [-0.39, 0.29) is 11.9 Å². The molecule has 1 atom stereocenters. The Kier molecular flexibility index (Phi) is 4.42. The number of aromatic nitrogens is 3. The zero-order chi connectivity index (χ0) is 12.1. The summed E-state index contributed by atoms with van der Waals surface area (Å²) in [5.74, 6) is 0.906. The Morgan fingerprint density at radius 1 is 1.62 bits per heavy atom. The minimum absolute atomic E-state index is 0.0579. The van der Waals surface area contributed by atoms with Crippen molar-refractivity contribution in [1.29, 1.82) is 0 Å². The third-order valence-corrected chi connectivity index (χ3v) is 2.41. The van der Waals surface area contributed by atoms with Crippen molar-refractivity contribution < 1.29 is 4.79 Å². The number of carbonyl (C=O) groups is 1. The molecule has 1 N–H and O–H groups in total. The summed E-state index contributed by atoms with van der Waals surface area (Å²) < 4.78 is 1.94. The summed E-state index contributed by atoms with van der Waals surface area (Å²) in [6.07, 6.45) is 1.69. The first-order valence-corrected chi connectivity index (χ1v) is 5.37. The number of amides is 1. The number of aryl methyl sites for hydroxylation is 1. The van der Waals surface area contributed by atoms with Crippen molar-refractivity contribution in [3.63, 3.8) is 0 Å². The second kappa shape index (κ2) is 5.60. The molecule has 1 heterocycles. The van der Waals surface area contributed by atoms with Crippen LogP contribution in [0.25, 0.3) is 0 Å². The third kappa shape index (κ3) is 3.03. The number of nitrogens with zero attached hydrogens (tertiary/aromatic N) is 4. The second-order valence-electron chi connectivity index (χ2n) is 3.87. The highest BCUT2D eigenvalue weighted by atomic mass is 16.2. The molecule has 0 saturated heterocycles. The maximum absolute atomic E-state index is 11.6. The minimum Gasteiger partial charge on any atom is -0.347 e. The maximum Gasteiger partial charge on any atom is 0.238 e. The number of nitrogens with one attached hydrogen (secondary N) is 1. The van der Waals surface area contributed by atoms with Crippen LogP contribution in [-0.2, 0) is 17.9 Å². The van der Waals surface area contributed by atoms with Crippen LogP contribution in [0.4, 0.5) is 0 Å². The van der Waals surface area contributed by atoms with Crippen molar-refractivity contribution in [3.05, 3.63) is 12.2 Å². The van der Waals surface area contributed by atoms with Gasteiger partial charge in [0.2, 0.25) is 5.91 Å². The van der Waals surface area contributed by atoms with Crippen LogP contribution in [0, 0.1) is 0 Å². The lowest BCUT2D eigenvalue weighted by atomic mass is 10.3. The Balaban J connectivity index is 2.49. The van der Waals surface area contributed by atoms with Crippen LogP contribution in [0.5, 0.6) is 0 Å². The zero-order valence-electron chi connectivity index (χ0n) is 10.3. The van der Waals surface area contributed by atoms with Crippen molar-refractivity contribution in [2.45, 2.75) is 33.0 Å². The van der Waals surface area contributed by atoms with Crippen LogP contribution < -0.4 is 5.32 Å². The second-order valence-corrected chi connectivity index (χ2v) is 3.87. The SMILES string of the molecule is CCn1cnnc1CNC(C)C(=O)N(C)C. The standard InChI is InChI=1S/C10H19N5O/c1-5-15-7-12-13-9(15)6-11-8(2)10(16)14(3)4/h7-8,11H,5-6H2,1-4H3. The van der Waals surface area contributed by atoms with E-state index >= 15 is 0 Å². The lowest BCUT2D eigenvalue weighted by Crippen LogP contribution is -2.41. The zero-order valence-corrected chi connectivity index (χ0v) is 10.3. The van der Waals surface area contributed by atoms with Gasteiger partial charge in [-0.1, -0.05) is 0 Å². The van der Waals surface area contributed by atoms with Gasteiger partial charge >= 0.3 is 0 Å². The van der Waals surface area contributed by atoms with E-state index in [1.54, 1.807) is 25.3 Å². The van der Waals surface area contributed by atoms with E-state index in [2.05, 4.69) is 15.5 Å². The van der Waals surface area contributed by atoms with Crippen LogP contribution in [0.3, 0.4) is 0 Å². The molecule has 0 aromatic carbocycles. The Labute approximate surface area is 95.6 Å². The lowest BCUT2D eigenvalue weighted by Gasteiger charge is -2.17. The minimum atomic E-state index is -0.211. The Hall–Kier alpha value is -1.43. The molecule has 6 nitrogen and oxygen atoms in total. The first-order chi connectivity index (χ1) is 7.56. The van der Waals surface area contributed by atoms with Gasteiger partial charge in [-0.05, 0) is 13.8 Å². The summed E-state index contributed by atoms with van der Waals surface area (Å²) in [7, 11) is 3.49. The van der Waals surface area contributed by atoms with E-state index in [1.807, 2.05) is 18.4 Å². The van der Waals surface area contributed by atoms with Gasteiger partial charge in [0.05, 0.1) is 12.6 Å². The summed E-state index contributed by atoms with van der Waals surface area (Å²) in [6, 6.07) is -0.211. The van der Waals surface area contributed by atoms with E-state index in [0.717, 1.165) is 12.4 Å². The van der Waals surface area contributed by atoms with Gasteiger partial charge in [0.25, 0.3) is 0 Å². The quantitative estimate of drug-likeness (QED) is 0.758. The van der Waals surface area contributed by atoms with Crippen molar-refractivity contribution in [2.24, 2.45) is 0 Å². The first-order valence-electron chi connectivity index (χ1n) is 5.37. The van der Waals surface area contributed by atoms with Gasteiger partial charge in [-0.25, -0.2) is 0 Å². The molecule has 1 aromatic heterocycles. The van der Waals surface area contributed by atoms with Crippen LogP contribution in [0.2, 0.25) is 0 Å². The highest BCUT2D eigenvalue weighted by molar-refractivity contribution is 5.80. The normalized spacial score (nSPS) is 12.5. The van der Waals surface area contributed by atoms with E-state index in [4.69, 9.17) is 0 Å². The molecule has 0 spiro atoms. The van der Waals surface area contributed by atoms with Gasteiger partial charge in [-0.2, -0.15) is 0 Å². The van der Waals surface area contributed by atoms with Crippen molar-refractivity contribution in [2.75, 3.05) is 14.1 Å². The molecule has 1 rings (SSSR count). The fourth-order valence-electron chi connectivity index (χ4n) is 1.40. The largest absolute Gasteiger partial charge is 0.347 e. The third-order valence-electron chi connectivity index (χ3n) is 2.41. The molecule has 90 valence electrons. The van der Waals surface area contributed by atoms with Crippen LogP contribution in [0.1, 0.15) is 19.7 Å². The summed E-state index contributed by atoms with van der Waals surface area (Å²) >= 11 is 0. The van der Waals surface area contributed by atoms with Crippen molar-refractivity contribution in [3.8, 4) is 0 Å². The van der Waals surface area contributed by atoms with Gasteiger partial charge in [-0.3, -0.25) is 10.1 Å². The van der Waals surface area contributed by atoms with E-state index in [1.165, 1.54) is 0 Å². The molecule has 1 amide bonds. The smallest absolute Gasteiger partial charge is 0.238 e. The highest BCUT2D eigenvalue weighted by Crippen LogP contribution is 1.96. The van der Waals surface area contributed by atoms with Gasteiger partial charge in [0.1, 0.15) is 12.2 Å². The van der Waals surface area contributed by atoms with Crippen LogP contribution >= 0.6 is 0 Å². The molecule has 0 saturated carbocycles. The Morgan fingerprint density at radius 2 is 2.31 bits per heavy atom. The summed E-state index contributed by atoms with van der Waals surface area (Å²) in [4.78, 5) is 13.1. The van der Waals surface area contributed by atoms with E-state index in [0.29, 0.717) is 6.54 Å². The molecule has 1 aromatic rings. The molecule has 1 unspecified atom stereocenters. The Morgan fingerprint density at radius 3 is 2.88 bits per heavy atom. The monoisotopic (exact) mass is 225 g/mol. The average Bonchev–Trinajstić information content (AvgIpc) is 2.71. The van der Waals surface area contributed by atoms with Crippen molar-refractivity contribution >= 4 is 5.91 Å². The molecule has 0 aliphatic rings. The van der Waals surface area contributed by atoms with Crippen molar-refractivity contribution in [1.82, 2.24) is 25.0 Å². The van der Waals surface area contributed by atoms with Gasteiger partial charge in [0.15, 0.2) is 0 Å². The maximum atomic E-state index is 11.6. The molecule has 0 aliphatic heterocycles. The predicted molar refractivity (Wildman–Crippen MR) is 60.7 cm³/mol. The van der Waals surface area contributed by atoms with Crippen LogP contribution in [-0.4, -0.2) is 45.7 Å². The van der Waals surface area contributed by atoms with Gasteiger partial charge < -0.3 is 9.47 Å². The number of hydrogen-bond acceptors (Lipinski definition) is 4. The molecule has 0 fully saturated rings. The highest BCUT2D eigenvalue weighted by Gasteiger charge is 2.14.